The van der Waals surface area contributed by atoms with Crippen molar-refractivity contribution in [3.63, 3.8) is 0 Å². The Kier molecular flexibility index (Phi) is 8.44. The molecule has 148 valence electrons. The van der Waals surface area contributed by atoms with E-state index in [1.54, 1.807) is 12.1 Å². The zero-order valence-electron chi connectivity index (χ0n) is 16.0. The number of nitrogens with zero attached hydrogens (tertiary/aromatic N) is 2. The van der Waals surface area contributed by atoms with Gasteiger partial charge in [0.15, 0.2) is 5.96 Å². The number of aliphatic imine (C=N–C) groups is 1. The summed E-state index contributed by atoms with van der Waals surface area (Å²) in [6, 6.07) is 7.23. The van der Waals surface area contributed by atoms with Gasteiger partial charge in [0, 0.05) is 36.2 Å². The predicted octanol–water partition coefficient (Wildman–Crippen LogP) is 1.19. The summed E-state index contributed by atoms with van der Waals surface area (Å²) in [5.74, 6) is 1.19. The summed E-state index contributed by atoms with van der Waals surface area (Å²) >= 11 is 2.04. The Bertz CT molecular complexity index is 663. The van der Waals surface area contributed by atoms with Gasteiger partial charge in [-0.15, -0.1) is 0 Å². The van der Waals surface area contributed by atoms with E-state index in [2.05, 4.69) is 29.4 Å². The molecule has 1 aliphatic rings. The summed E-state index contributed by atoms with van der Waals surface area (Å²) in [7, 11) is 0. The first-order valence-corrected chi connectivity index (χ1v) is 10.4. The fraction of sp³-hybridized carbons (Fsp3) is 0.526. The van der Waals surface area contributed by atoms with Crippen molar-refractivity contribution in [2.75, 3.05) is 31.9 Å². The maximum atomic E-state index is 11.9. The van der Waals surface area contributed by atoms with Gasteiger partial charge in [0.1, 0.15) is 0 Å². The first kappa shape index (κ1) is 21.1. The molecule has 1 atom stereocenters. The molecule has 1 saturated heterocycles. The molecule has 27 heavy (non-hydrogen) atoms. The van der Waals surface area contributed by atoms with Crippen LogP contribution in [-0.4, -0.2) is 59.9 Å². The van der Waals surface area contributed by atoms with Crippen LogP contribution in [0.2, 0.25) is 0 Å². The number of carbonyl (C=O) groups is 2. The van der Waals surface area contributed by atoms with Gasteiger partial charge in [-0.2, -0.15) is 11.8 Å². The lowest BCUT2D eigenvalue weighted by molar-refractivity contribution is -0.117. The second kappa shape index (κ2) is 10.8. The number of nitrogens with two attached hydrogens (primary N) is 1. The molecule has 0 spiro atoms. The maximum Gasteiger partial charge on any atom is 0.251 e. The number of thioether (sulfide) groups is 1. The highest BCUT2D eigenvalue weighted by Gasteiger charge is 2.21. The molecule has 0 aliphatic carbocycles. The van der Waals surface area contributed by atoms with Crippen LogP contribution in [0.1, 0.15) is 36.2 Å². The average Bonchev–Trinajstić information content (AvgIpc) is 2.69. The molecule has 0 saturated carbocycles. The summed E-state index contributed by atoms with van der Waals surface area (Å²) < 4.78 is 0. The lowest BCUT2D eigenvalue weighted by Gasteiger charge is -2.34. The number of primary amides is 1. The monoisotopic (exact) mass is 391 g/mol. The molecule has 0 radical (unpaired) electrons. The van der Waals surface area contributed by atoms with Gasteiger partial charge in [0.05, 0.1) is 13.1 Å². The van der Waals surface area contributed by atoms with E-state index in [1.165, 1.54) is 6.42 Å². The first-order valence-electron chi connectivity index (χ1n) is 9.33. The maximum absolute atomic E-state index is 11.9. The number of rotatable bonds is 7. The van der Waals surface area contributed by atoms with Crippen LogP contribution in [0.4, 0.5) is 0 Å². The third-order valence-electron chi connectivity index (χ3n) is 4.28. The fourth-order valence-corrected chi connectivity index (χ4v) is 3.96. The molecular formula is C19H29N5O2S. The van der Waals surface area contributed by atoms with Crippen molar-refractivity contribution in [2.24, 2.45) is 10.7 Å². The molecule has 0 bridgehead atoms. The minimum absolute atomic E-state index is 0.163. The van der Waals surface area contributed by atoms with E-state index in [4.69, 9.17) is 10.7 Å². The van der Waals surface area contributed by atoms with E-state index in [1.807, 2.05) is 23.9 Å². The van der Waals surface area contributed by atoms with E-state index >= 15 is 0 Å². The second-order valence-corrected chi connectivity index (χ2v) is 7.77. The summed E-state index contributed by atoms with van der Waals surface area (Å²) in [6.07, 6.45) is 1.17. The van der Waals surface area contributed by atoms with Crippen molar-refractivity contribution in [1.29, 1.82) is 0 Å². The van der Waals surface area contributed by atoms with E-state index in [0.717, 1.165) is 36.9 Å². The van der Waals surface area contributed by atoms with Crippen LogP contribution in [0.25, 0.3) is 0 Å². The van der Waals surface area contributed by atoms with Crippen LogP contribution in [0.15, 0.2) is 29.3 Å². The van der Waals surface area contributed by atoms with Crippen molar-refractivity contribution in [2.45, 2.75) is 32.1 Å². The number of guanidine groups is 1. The third-order valence-corrected chi connectivity index (χ3v) is 5.65. The van der Waals surface area contributed by atoms with Crippen LogP contribution >= 0.6 is 11.8 Å². The average molecular weight is 392 g/mol. The summed E-state index contributed by atoms with van der Waals surface area (Å²) in [4.78, 5) is 29.8. The molecule has 1 heterocycles. The van der Waals surface area contributed by atoms with Gasteiger partial charge in [-0.3, -0.25) is 9.59 Å². The molecule has 1 aromatic carbocycles. The Morgan fingerprint density at radius 1 is 1.26 bits per heavy atom. The van der Waals surface area contributed by atoms with Crippen LogP contribution in [-0.2, 0) is 11.3 Å². The molecule has 1 unspecified atom stereocenters. The number of carbonyl (C=O) groups excluding carboxylic acids is 2. The van der Waals surface area contributed by atoms with E-state index in [9.17, 15) is 9.59 Å². The number of nitrogens with one attached hydrogen (secondary N) is 2. The minimum atomic E-state index is -0.563. The Morgan fingerprint density at radius 2 is 2.00 bits per heavy atom. The summed E-state index contributed by atoms with van der Waals surface area (Å²) in [5.41, 5.74) is 6.55. The van der Waals surface area contributed by atoms with Crippen LogP contribution in [0, 0.1) is 0 Å². The van der Waals surface area contributed by atoms with Crippen molar-refractivity contribution in [1.82, 2.24) is 15.5 Å². The Hall–Kier alpha value is -2.22. The highest BCUT2D eigenvalue weighted by Crippen LogP contribution is 2.21. The van der Waals surface area contributed by atoms with Crippen LogP contribution < -0.4 is 16.4 Å². The Morgan fingerprint density at radius 3 is 2.63 bits per heavy atom. The summed E-state index contributed by atoms with van der Waals surface area (Å²) in [6.45, 7) is 7.54. The molecule has 1 aromatic rings. The Balaban J connectivity index is 1.98. The second-order valence-electron chi connectivity index (χ2n) is 6.36. The van der Waals surface area contributed by atoms with E-state index in [0.29, 0.717) is 17.4 Å². The fourth-order valence-electron chi connectivity index (χ4n) is 2.78. The molecule has 1 aliphatic heterocycles. The third kappa shape index (κ3) is 6.78. The molecule has 7 nitrogen and oxygen atoms in total. The molecular weight excluding hydrogens is 362 g/mol. The highest BCUT2D eigenvalue weighted by atomic mass is 32.2. The smallest absolute Gasteiger partial charge is 0.251 e. The summed E-state index contributed by atoms with van der Waals surface area (Å²) in [5, 5.41) is 6.51. The van der Waals surface area contributed by atoms with Gasteiger partial charge >= 0.3 is 0 Å². The zero-order chi connectivity index (χ0) is 19.6. The molecule has 0 aromatic heterocycles. The zero-order valence-corrected chi connectivity index (χ0v) is 16.8. The number of hydrogen-bond donors (Lipinski definition) is 3. The molecule has 8 heteroatoms. The van der Waals surface area contributed by atoms with Crippen LogP contribution in [0.5, 0.6) is 0 Å². The first-order chi connectivity index (χ1) is 13.0. The van der Waals surface area contributed by atoms with Crippen molar-refractivity contribution < 1.29 is 9.59 Å². The largest absolute Gasteiger partial charge is 0.368 e. The molecule has 2 rings (SSSR count). The van der Waals surface area contributed by atoms with Crippen LogP contribution in [0.3, 0.4) is 0 Å². The molecule has 1 fully saturated rings. The van der Waals surface area contributed by atoms with Gasteiger partial charge < -0.3 is 21.3 Å². The SMILES string of the molecule is CCNC(=NCc1ccc(C(=O)NCC(N)=O)cc1)N1CCSC(CC)C1. The normalized spacial score (nSPS) is 17.5. The molecule has 4 N–H and O–H groups in total. The van der Waals surface area contributed by atoms with Gasteiger partial charge in [0.2, 0.25) is 5.91 Å². The lowest BCUT2D eigenvalue weighted by atomic mass is 10.1. The number of benzene rings is 1. The minimum Gasteiger partial charge on any atom is -0.368 e. The standard InChI is InChI=1S/C19H29N5O2S/c1-3-16-13-24(9-10-27-16)19(21-4-2)23-11-14-5-7-15(8-6-14)18(26)22-12-17(20)25/h5-8,16H,3-4,9-13H2,1-2H3,(H2,20,25)(H,21,23)(H,22,26). The topological polar surface area (TPSA) is 99.8 Å². The van der Waals surface area contributed by atoms with E-state index < -0.39 is 5.91 Å². The predicted molar refractivity (Wildman–Crippen MR) is 111 cm³/mol. The lowest BCUT2D eigenvalue weighted by Crippen LogP contribution is -2.48. The van der Waals surface area contributed by atoms with Gasteiger partial charge in [-0.05, 0) is 31.0 Å². The van der Waals surface area contributed by atoms with E-state index in [-0.39, 0.29) is 12.5 Å². The van der Waals surface area contributed by atoms with Crippen molar-refractivity contribution in [3.05, 3.63) is 35.4 Å². The highest BCUT2D eigenvalue weighted by molar-refractivity contribution is 8.00. The quantitative estimate of drug-likeness (QED) is 0.479. The van der Waals surface area contributed by atoms with Gasteiger partial charge in [0.25, 0.3) is 5.91 Å². The molecule has 2 amide bonds. The van der Waals surface area contributed by atoms with Gasteiger partial charge in [-0.25, -0.2) is 4.99 Å². The van der Waals surface area contributed by atoms with Gasteiger partial charge in [-0.1, -0.05) is 19.1 Å². The Labute approximate surface area is 165 Å². The number of amides is 2. The van der Waals surface area contributed by atoms with Crippen molar-refractivity contribution in [3.8, 4) is 0 Å². The van der Waals surface area contributed by atoms with Crippen molar-refractivity contribution >= 4 is 29.5 Å². The number of hydrogen-bond acceptors (Lipinski definition) is 4.